The number of carbonyl (C=O) groups excluding carboxylic acids is 1. The van der Waals surface area contributed by atoms with E-state index in [1.807, 2.05) is 0 Å². The molecule has 2 aliphatic heterocycles. The Labute approximate surface area is 130 Å². The van der Waals surface area contributed by atoms with E-state index in [2.05, 4.69) is 23.8 Å². The number of likely N-dealkylation sites (tertiary alicyclic amines) is 2. The molecule has 2 heterocycles. The van der Waals surface area contributed by atoms with Gasteiger partial charge in [0.05, 0.1) is 0 Å². The van der Waals surface area contributed by atoms with Crippen molar-refractivity contribution in [3.05, 3.63) is 0 Å². The van der Waals surface area contributed by atoms with Crippen molar-refractivity contribution in [3.8, 4) is 0 Å². The van der Waals surface area contributed by atoms with Gasteiger partial charge in [-0.15, -0.1) is 0 Å². The van der Waals surface area contributed by atoms with Crippen molar-refractivity contribution in [1.82, 2.24) is 9.80 Å². The van der Waals surface area contributed by atoms with Crippen LogP contribution in [0.3, 0.4) is 0 Å². The van der Waals surface area contributed by atoms with E-state index in [9.17, 15) is 4.79 Å². The van der Waals surface area contributed by atoms with E-state index in [4.69, 9.17) is 0 Å². The van der Waals surface area contributed by atoms with Crippen molar-refractivity contribution >= 4 is 5.91 Å². The first kappa shape index (κ1) is 15.3. The third-order valence-corrected chi connectivity index (χ3v) is 6.39. The number of hydrogen-bond acceptors (Lipinski definition) is 2. The number of piperidine rings is 2. The first-order chi connectivity index (χ1) is 10.1. The van der Waals surface area contributed by atoms with E-state index in [-0.39, 0.29) is 0 Å². The largest absolute Gasteiger partial charge is 0.342 e. The molecule has 0 N–H and O–H groups in total. The van der Waals surface area contributed by atoms with Crippen LogP contribution in [0.2, 0.25) is 0 Å². The predicted octanol–water partition coefficient (Wildman–Crippen LogP) is 3.15. The molecule has 3 rings (SSSR count). The number of rotatable bonds is 1. The lowest BCUT2D eigenvalue weighted by Crippen LogP contribution is -2.52. The zero-order chi connectivity index (χ0) is 14.9. The number of amides is 1. The molecule has 1 aliphatic carbocycles. The lowest BCUT2D eigenvalue weighted by Gasteiger charge is -2.48. The number of hydrogen-bond donors (Lipinski definition) is 0. The second-order valence-corrected chi connectivity index (χ2v) is 8.12. The van der Waals surface area contributed by atoms with Gasteiger partial charge >= 0.3 is 0 Å². The van der Waals surface area contributed by atoms with Crippen LogP contribution < -0.4 is 0 Å². The second-order valence-electron chi connectivity index (χ2n) is 8.12. The molecule has 0 bridgehead atoms. The van der Waals surface area contributed by atoms with Gasteiger partial charge in [-0.05, 0) is 82.8 Å². The molecule has 3 heteroatoms. The minimum absolute atomic E-state index is 0.336. The quantitative estimate of drug-likeness (QED) is 0.741. The third kappa shape index (κ3) is 3.44. The Bertz CT molecular complexity index is 365. The molecule has 3 fully saturated rings. The summed E-state index contributed by atoms with van der Waals surface area (Å²) in [4.78, 5) is 17.6. The van der Waals surface area contributed by atoms with E-state index in [0.717, 1.165) is 31.8 Å². The molecule has 1 amide bonds. The first-order valence-electron chi connectivity index (χ1n) is 9.05. The van der Waals surface area contributed by atoms with E-state index in [0.29, 0.717) is 17.2 Å². The van der Waals surface area contributed by atoms with Crippen molar-refractivity contribution in [2.45, 2.75) is 58.3 Å². The Morgan fingerprint density at radius 1 is 1.00 bits per heavy atom. The molecule has 0 radical (unpaired) electrons. The van der Waals surface area contributed by atoms with Crippen LogP contribution in [-0.4, -0.2) is 48.9 Å². The standard InChI is InChI=1S/C18H32N2O/c1-15-4-6-16(7-5-15)17(21)20-11-3-8-18(14-20)9-12-19(2)13-10-18/h15-16H,3-14H2,1-2H3. The van der Waals surface area contributed by atoms with E-state index >= 15 is 0 Å². The first-order valence-corrected chi connectivity index (χ1v) is 9.05. The highest BCUT2D eigenvalue weighted by Crippen LogP contribution is 2.40. The molecular weight excluding hydrogens is 260 g/mol. The van der Waals surface area contributed by atoms with Crippen LogP contribution in [0.15, 0.2) is 0 Å². The smallest absolute Gasteiger partial charge is 0.225 e. The van der Waals surface area contributed by atoms with Crippen molar-refractivity contribution in [2.24, 2.45) is 17.3 Å². The molecule has 21 heavy (non-hydrogen) atoms. The second kappa shape index (κ2) is 6.28. The Kier molecular flexibility index (Phi) is 4.58. The van der Waals surface area contributed by atoms with Gasteiger partial charge in [0.25, 0.3) is 0 Å². The van der Waals surface area contributed by atoms with Gasteiger partial charge in [-0.3, -0.25) is 4.79 Å². The van der Waals surface area contributed by atoms with Gasteiger partial charge in [0.1, 0.15) is 0 Å². The fourth-order valence-corrected chi connectivity index (χ4v) is 4.66. The zero-order valence-electron chi connectivity index (χ0n) is 13.9. The van der Waals surface area contributed by atoms with Crippen LogP contribution in [0.25, 0.3) is 0 Å². The van der Waals surface area contributed by atoms with Gasteiger partial charge in [0, 0.05) is 19.0 Å². The van der Waals surface area contributed by atoms with Crippen LogP contribution in [0.1, 0.15) is 58.3 Å². The molecule has 0 atom stereocenters. The highest BCUT2D eigenvalue weighted by molar-refractivity contribution is 5.79. The lowest BCUT2D eigenvalue weighted by molar-refractivity contribution is -0.141. The van der Waals surface area contributed by atoms with Crippen LogP contribution in [0.4, 0.5) is 0 Å². The lowest BCUT2D eigenvalue weighted by atomic mass is 9.72. The summed E-state index contributed by atoms with van der Waals surface area (Å²) in [5, 5.41) is 0. The molecule has 1 saturated carbocycles. The summed E-state index contributed by atoms with van der Waals surface area (Å²) in [6, 6.07) is 0. The molecule has 3 aliphatic rings. The molecule has 3 nitrogen and oxygen atoms in total. The van der Waals surface area contributed by atoms with Gasteiger partial charge in [-0.25, -0.2) is 0 Å². The van der Waals surface area contributed by atoms with Gasteiger partial charge in [-0.2, -0.15) is 0 Å². The van der Waals surface area contributed by atoms with Gasteiger partial charge < -0.3 is 9.80 Å². The summed E-state index contributed by atoms with van der Waals surface area (Å²) in [7, 11) is 2.22. The normalized spacial score (nSPS) is 34.1. The SMILES string of the molecule is CC1CCC(C(=O)N2CCCC3(CCN(C)CC3)C2)CC1. The molecule has 0 aromatic heterocycles. The maximum absolute atomic E-state index is 12.9. The van der Waals surface area contributed by atoms with E-state index < -0.39 is 0 Å². The van der Waals surface area contributed by atoms with Gasteiger partial charge in [0.15, 0.2) is 0 Å². The van der Waals surface area contributed by atoms with Crippen LogP contribution >= 0.6 is 0 Å². The summed E-state index contributed by atoms with van der Waals surface area (Å²) in [6.45, 7) is 6.81. The molecule has 0 aromatic carbocycles. The van der Waals surface area contributed by atoms with Gasteiger partial charge in [0.2, 0.25) is 5.91 Å². The number of carbonyl (C=O) groups is 1. The average molecular weight is 292 g/mol. The van der Waals surface area contributed by atoms with Gasteiger partial charge in [-0.1, -0.05) is 6.92 Å². The molecule has 0 aromatic rings. The summed E-state index contributed by atoms with van der Waals surface area (Å²) in [6.07, 6.45) is 9.90. The fourth-order valence-electron chi connectivity index (χ4n) is 4.66. The predicted molar refractivity (Wildman–Crippen MR) is 86.1 cm³/mol. The fraction of sp³-hybridized carbons (Fsp3) is 0.944. The maximum Gasteiger partial charge on any atom is 0.225 e. The van der Waals surface area contributed by atoms with E-state index in [1.165, 1.54) is 51.6 Å². The Morgan fingerprint density at radius 2 is 1.67 bits per heavy atom. The van der Waals surface area contributed by atoms with E-state index in [1.54, 1.807) is 0 Å². The summed E-state index contributed by atoms with van der Waals surface area (Å²) >= 11 is 0. The third-order valence-electron chi connectivity index (χ3n) is 6.39. The average Bonchev–Trinajstić information content (AvgIpc) is 2.51. The highest BCUT2D eigenvalue weighted by atomic mass is 16.2. The van der Waals surface area contributed by atoms with Crippen molar-refractivity contribution < 1.29 is 4.79 Å². The number of nitrogens with zero attached hydrogens (tertiary/aromatic N) is 2. The summed E-state index contributed by atoms with van der Waals surface area (Å²) in [5.41, 5.74) is 0.447. The van der Waals surface area contributed by atoms with Crippen LogP contribution in [0.5, 0.6) is 0 Å². The Hall–Kier alpha value is -0.570. The molecule has 1 spiro atoms. The topological polar surface area (TPSA) is 23.6 Å². The summed E-state index contributed by atoms with van der Waals surface area (Å²) in [5.74, 6) is 1.65. The highest BCUT2D eigenvalue weighted by Gasteiger charge is 2.40. The molecule has 120 valence electrons. The van der Waals surface area contributed by atoms with Crippen molar-refractivity contribution in [2.75, 3.05) is 33.2 Å². The monoisotopic (exact) mass is 292 g/mol. The zero-order valence-corrected chi connectivity index (χ0v) is 13.9. The van der Waals surface area contributed by atoms with Crippen LogP contribution in [0, 0.1) is 17.3 Å². The maximum atomic E-state index is 12.9. The minimum Gasteiger partial charge on any atom is -0.342 e. The van der Waals surface area contributed by atoms with Crippen molar-refractivity contribution in [3.63, 3.8) is 0 Å². The molecule has 2 saturated heterocycles. The van der Waals surface area contributed by atoms with Crippen LogP contribution in [-0.2, 0) is 4.79 Å². The van der Waals surface area contributed by atoms with Crippen molar-refractivity contribution in [1.29, 1.82) is 0 Å². The Morgan fingerprint density at radius 3 is 2.33 bits per heavy atom. The molecule has 0 unspecified atom stereocenters. The Balaban J connectivity index is 1.59. The minimum atomic E-state index is 0.336. The molecular formula is C18H32N2O. The summed E-state index contributed by atoms with van der Waals surface area (Å²) < 4.78 is 0.